The van der Waals surface area contributed by atoms with Crippen molar-refractivity contribution in [2.45, 2.75) is 33.1 Å². The van der Waals surface area contributed by atoms with Crippen LogP contribution in [0.4, 0.5) is 0 Å². The first-order valence-electron chi connectivity index (χ1n) is 3.93. The number of aromatic nitrogens is 1. The van der Waals surface area contributed by atoms with Crippen LogP contribution in [0.25, 0.3) is 0 Å². The fourth-order valence-electron chi connectivity index (χ4n) is 1.31. The minimum atomic E-state index is 0.243. The highest BCUT2D eigenvalue weighted by Gasteiger charge is 2.14. The van der Waals surface area contributed by atoms with Crippen LogP contribution >= 0.6 is 0 Å². The second kappa shape index (κ2) is 2.65. The van der Waals surface area contributed by atoms with Gasteiger partial charge in [-0.15, -0.1) is 0 Å². The van der Waals surface area contributed by atoms with Gasteiger partial charge in [0.05, 0.1) is 0 Å². The molecule has 0 spiro atoms. The topological polar surface area (TPSA) is 12.9 Å². The Kier molecular flexibility index (Phi) is 1.99. The van der Waals surface area contributed by atoms with E-state index in [1.165, 1.54) is 11.1 Å². The first-order chi connectivity index (χ1) is 5.02. The lowest BCUT2D eigenvalue weighted by atomic mass is 9.85. The second-order valence-corrected chi connectivity index (χ2v) is 3.94. The van der Waals surface area contributed by atoms with Crippen LogP contribution in [0.15, 0.2) is 18.5 Å². The molecule has 1 aromatic heterocycles. The van der Waals surface area contributed by atoms with Crippen molar-refractivity contribution in [3.63, 3.8) is 0 Å². The van der Waals surface area contributed by atoms with Gasteiger partial charge in [0.1, 0.15) is 0 Å². The molecule has 0 aliphatic carbocycles. The molecule has 1 aromatic rings. The molecule has 0 N–H and O–H groups in total. The Hall–Kier alpha value is -0.850. The van der Waals surface area contributed by atoms with Gasteiger partial charge >= 0.3 is 0 Å². The molecule has 0 aliphatic rings. The van der Waals surface area contributed by atoms with Crippen LogP contribution in [0, 0.1) is 6.92 Å². The van der Waals surface area contributed by atoms with Crippen molar-refractivity contribution in [3.8, 4) is 0 Å². The van der Waals surface area contributed by atoms with Crippen molar-refractivity contribution in [2.24, 2.45) is 0 Å². The van der Waals surface area contributed by atoms with Gasteiger partial charge in [-0.2, -0.15) is 0 Å². The number of pyridine rings is 1. The summed E-state index contributed by atoms with van der Waals surface area (Å²) < 4.78 is 0. The molecule has 0 unspecified atom stereocenters. The number of nitrogens with zero attached hydrogens (tertiary/aromatic N) is 1. The first-order valence-corrected chi connectivity index (χ1v) is 3.93. The SMILES string of the molecule is Cc1cnccc1C(C)(C)C. The minimum Gasteiger partial charge on any atom is -0.264 e. The van der Waals surface area contributed by atoms with Crippen LogP contribution in [-0.4, -0.2) is 4.98 Å². The number of hydrogen-bond donors (Lipinski definition) is 0. The summed E-state index contributed by atoms with van der Waals surface area (Å²) in [5, 5.41) is 0. The molecule has 0 bridgehead atoms. The highest BCUT2D eigenvalue weighted by atomic mass is 14.6. The quantitative estimate of drug-likeness (QED) is 0.552. The number of rotatable bonds is 0. The van der Waals surface area contributed by atoms with E-state index in [-0.39, 0.29) is 5.41 Å². The predicted molar refractivity (Wildman–Crippen MR) is 47.7 cm³/mol. The van der Waals surface area contributed by atoms with Crippen molar-refractivity contribution in [3.05, 3.63) is 29.6 Å². The summed E-state index contributed by atoms with van der Waals surface area (Å²) in [6.07, 6.45) is 3.77. The summed E-state index contributed by atoms with van der Waals surface area (Å²) in [4.78, 5) is 4.06. The standard InChI is InChI=1S/C10H15N/c1-8-7-11-6-5-9(8)10(2,3)4/h5-7H,1-4H3. The molecule has 1 heteroatoms. The third-order valence-electron chi connectivity index (χ3n) is 1.83. The Labute approximate surface area is 68.5 Å². The monoisotopic (exact) mass is 149 g/mol. The van der Waals surface area contributed by atoms with Gasteiger partial charge in [-0.25, -0.2) is 0 Å². The molecule has 0 aliphatic heterocycles. The van der Waals surface area contributed by atoms with Gasteiger partial charge in [-0.05, 0) is 29.5 Å². The van der Waals surface area contributed by atoms with Crippen molar-refractivity contribution in [1.29, 1.82) is 0 Å². The van der Waals surface area contributed by atoms with E-state index < -0.39 is 0 Å². The molecule has 0 atom stereocenters. The van der Waals surface area contributed by atoms with Crippen LogP contribution in [0.1, 0.15) is 31.9 Å². The number of aryl methyl sites for hydroxylation is 1. The zero-order valence-electron chi connectivity index (χ0n) is 7.68. The van der Waals surface area contributed by atoms with E-state index in [0.29, 0.717) is 0 Å². The van der Waals surface area contributed by atoms with Gasteiger partial charge in [0, 0.05) is 12.4 Å². The van der Waals surface area contributed by atoms with Gasteiger partial charge in [0.2, 0.25) is 0 Å². The number of hydrogen-bond acceptors (Lipinski definition) is 1. The molecular weight excluding hydrogens is 134 g/mol. The second-order valence-electron chi connectivity index (χ2n) is 3.94. The van der Waals surface area contributed by atoms with Gasteiger partial charge < -0.3 is 0 Å². The maximum Gasteiger partial charge on any atom is 0.0299 e. The molecule has 0 radical (unpaired) electrons. The van der Waals surface area contributed by atoms with Crippen LogP contribution in [0.2, 0.25) is 0 Å². The average molecular weight is 149 g/mol. The molecule has 1 nitrogen and oxygen atoms in total. The smallest absolute Gasteiger partial charge is 0.0299 e. The lowest BCUT2D eigenvalue weighted by Crippen LogP contribution is -2.12. The highest BCUT2D eigenvalue weighted by molar-refractivity contribution is 5.28. The molecule has 0 amide bonds. The summed E-state index contributed by atoms with van der Waals surface area (Å²) in [5.74, 6) is 0. The van der Waals surface area contributed by atoms with Crippen LogP contribution < -0.4 is 0 Å². The van der Waals surface area contributed by atoms with E-state index in [2.05, 4.69) is 38.7 Å². The highest BCUT2D eigenvalue weighted by Crippen LogP contribution is 2.23. The third-order valence-corrected chi connectivity index (χ3v) is 1.83. The van der Waals surface area contributed by atoms with Gasteiger partial charge in [0.15, 0.2) is 0 Å². The fraction of sp³-hybridized carbons (Fsp3) is 0.500. The minimum absolute atomic E-state index is 0.243. The zero-order chi connectivity index (χ0) is 8.48. The van der Waals surface area contributed by atoms with Gasteiger partial charge in [0.25, 0.3) is 0 Å². The van der Waals surface area contributed by atoms with Crippen LogP contribution in [-0.2, 0) is 5.41 Å². The van der Waals surface area contributed by atoms with E-state index >= 15 is 0 Å². The molecule has 0 saturated carbocycles. The molecule has 0 fully saturated rings. The molecule has 1 rings (SSSR count). The third kappa shape index (κ3) is 1.79. The van der Waals surface area contributed by atoms with Crippen LogP contribution in [0.3, 0.4) is 0 Å². The van der Waals surface area contributed by atoms with E-state index in [9.17, 15) is 0 Å². The summed E-state index contributed by atoms with van der Waals surface area (Å²) in [5.41, 5.74) is 2.90. The molecule has 0 aromatic carbocycles. The average Bonchev–Trinajstić information content (AvgIpc) is 1.86. The van der Waals surface area contributed by atoms with E-state index in [4.69, 9.17) is 0 Å². The van der Waals surface area contributed by atoms with Crippen molar-refractivity contribution in [2.75, 3.05) is 0 Å². The maximum absolute atomic E-state index is 4.06. The van der Waals surface area contributed by atoms with Crippen molar-refractivity contribution >= 4 is 0 Å². The Morgan fingerprint density at radius 3 is 2.27 bits per heavy atom. The lowest BCUT2D eigenvalue weighted by Gasteiger charge is -2.20. The van der Waals surface area contributed by atoms with Crippen LogP contribution in [0.5, 0.6) is 0 Å². The Morgan fingerprint density at radius 1 is 1.27 bits per heavy atom. The van der Waals surface area contributed by atoms with E-state index in [1.807, 2.05) is 12.4 Å². The lowest BCUT2D eigenvalue weighted by molar-refractivity contribution is 0.585. The molecule has 0 saturated heterocycles. The Bertz CT molecular complexity index is 245. The molecule has 1 heterocycles. The normalized spacial score (nSPS) is 11.6. The largest absolute Gasteiger partial charge is 0.264 e. The van der Waals surface area contributed by atoms with Crippen molar-refractivity contribution < 1.29 is 0 Å². The first kappa shape index (κ1) is 8.25. The molecular formula is C10H15N. The summed E-state index contributed by atoms with van der Waals surface area (Å²) >= 11 is 0. The Morgan fingerprint density at radius 2 is 1.91 bits per heavy atom. The van der Waals surface area contributed by atoms with Gasteiger partial charge in [-0.3, -0.25) is 4.98 Å². The Balaban J connectivity index is 3.14. The fourth-order valence-corrected chi connectivity index (χ4v) is 1.31. The predicted octanol–water partition coefficient (Wildman–Crippen LogP) is 2.69. The summed E-state index contributed by atoms with van der Waals surface area (Å²) in [7, 11) is 0. The molecule has 60 valence electrons. The van der Waals surface area contributed by atoms with E-state index in [0.717, 1.165) is 0 Å². The molecule has 11 heavy (non-hydrogen) atoms. The maximum atomic E-state index is 4.06. The van der Waals surface area contributed by atoms with E-state index in [1.54, 1.807) is 0 Å². The van der Waals surface area contributed by atoms with Gasteiger partial charge in [-0.1, -0.05) is 20.8 Å². The zero-order valence-corrected chi connectivity index (χ0v) is 7.68. The summed E-state index contributed by atoms with van der Waals surface area (Å²) in [6, 6.07) is 2.09. The summed E-state index contributed by atoms with van der Waals surface area (Å²) in [6.45, 7) is 8.76. The van der Waals surface area contributed by atoms with Crippen molar-refractivity contribution in [1.82, 2.24) is 4.98 Å².